The van der Waals surface area contributed by atoms with Crippen LogP contribution in [0.2, 0.25) is 0 Å². The zero-order valence-corrected chi connectivity index (χ0v) is 29.1. The number of nitrogens with two attached hydrogens (primary N) is 1. The highest BCUT2D eigenvalue weighted by Crippen LogP contribution is 2.43. The Labute approximate surface area is 274 Å². The van der Waals surface area contributed by atoms with E-state index in [0.29, 0.717) is 12.8 Å². The van der Waals surface area contributed by atoms with Crippen molar-refractivity contribution >= 4 is 13.7 Å². The first-order valence-corrected chi connectivity index (χ1v) is 18.8. The Kier molecular flexibility index (Phi) is 30.0. The minimum absolute atomic E-state index is 0.0406. The second-order valence-corrected chi connectivity index (χ2v) is 13.0. The van der Waals surface area contributed by atoms with Crippen molar-refractivity contribution in [3.8, 4) is 0 Å². The van der Waals surface area contributed by atoms with Crippen LogP contribution in [0.15, 0.2) is 48.6 Å². The van der Waals surface area contributed by atoms with Gasteiger partial charge >= 0.3 is 7.82 Å². The van der Waals surface area contributed by atoms with Crippen LogP contribution < -0.4 is 11.1 Å². The number of phosphoric ester groups is 1. The van der Waals surface area contributed by atoms with E-state index in [1.807, 2.05) is 0 Å². The smallest absolute Gasteiger partial charge is 0.393 e. The monoisotopic (exact) mass is 656 g/mol. The molecule has 0 rings (SSSR count). The van der Waals surface area contributed by atoms with Crippen LogP contribution in [0.4, 0.5) is 0 Å². The molecule has 0 aromatic rings. The quantitative estimate of drug-likeness (QED) is 0.0291. The Morgan fingerprint density at radius 3 is 2.04 bits per heavy atom. The lowest BCUT2D eigenvalue weighted by atomic mass is 10.0. The van der Waals surface area contributed by atoms with E-state index in [9.17, 15) is 24.5 Å². The van der Waals surface area contributed by atoms with Crippen LogP contribution in [-0.4, -0.2) is 59.0 Å². The van der Waals surface area contributed by atoms with E-state index in [-0.39, 0.29) is 19.6 Å². The van der Waals surface area contributed by atoms with E-state index in [2.05, 4.69) is 55.6 Å². The predicted octanol–water partition coefficient (Wildman–Crippen LogP) is 7.57. The standard InChI is InChI=1S/C35H65N2O7P/c1-3-5-7-9-11-13-14-15-16-17-18-19-20-22-24-26-32(38)30-35(40)37-33(31-44-45(41,42)43-29-28-36)34(39)27-25-23-21-12-10-8-6-4-2/h10-13,15-16,25,27,32-34,38-39H,3-9,14,17-24,26,28-31,36H2,1-2H3,(H,37,40)(H,41,42)/b12-10+,13-11-,16-15-,27-25+. The highest BCUT2D eigenvalue weighted by atomic mass is 31.2. The molecule has 0 saturated heterocycles. The number of allylic oxidation sites excluding steroid dienone is 7. The number of nitrogens with one attached hydrogen (secondary N) is 1. The minimum atomic E-state index is -4.40. The normalized spacial score (nSPS) is 15.8. The van der Waals surface area contributed by atoms with Crippen LogP contribution in [0.1, 0.15) is 129 Å². The highest BCUT2D eigenvalue weighted by molar-refractivity contribution is 7.47. The number of aliphatic hydroxyl groups is 2. The van der Waals surface area contributed by atoms with Crippen LogP contribution in [0, 0.1) is 0 Å². The zero-order valence-electron chi connectivity index (χ0n) is 28.2. The average Bonchev–Trinajstić information content (AvgIpc) is 3.01. The lowest BCUT2D eigenvalue weighted by Crippen LogP contribution is -2.46. The largest absolute Gasteiger partial charge is 0.472 e. The Hall–Kier alpha value is -1.58. The third-order valence-electron chi connectivity index (χ3n) is 7.18. The maximum atomic E-state index is 12.7. The first kappa shape index (κ1) is 43.4. The fourth-order valence-electron chi connectivity index (χ4n) is 4.50. The van der Waals surface area contributed by atoms with Gasteiger partial charge < -0.3 is 26.2 Å². The van der Waals surface area contributed by atoms with Crippen LogP contribution in [0.25, 0.3) is 0 Å². The number of carbonyl (C=O) groups excluding carboxylic acids is 1. The molecule has 0 aromatic heterocycles. The van der Waals surface area contributed by atoms with Gasteiger partial charge in [-0.25, -0.2) is 4.57 Å². The maximum absolute atomic E-state index is 12.7. The molecule has 0 radical (unpaired) electrons. The van der Waals surface area contributed by atoms with Crippen molar-refractivity contribution in [1.29, 1.82) is 0 Å². The molecule has 1 amide bonds. The van der Waals surface area contributed by atoms with Crippen LogP contribution in [-0.2, 0) is 18.4 Å². The van der Waals surface area contributed by atoms with Crippen LogP contribution in [0.3, 0.4) is 0 Å². The molecule has 4 atom stereocenters. The maximum Gasteiger partial charge on any atom is 0.472 e. The van der Waals surface area contributed by atoms with Crippen molar-refractivity contribution in [2.45, 2.75) is 148 Å². The molecule has 0 aliphatic carbocycles. The van der Waals surface area contributed by atoms with Gasteiger partial charge in [-0.3, -0.25) is 13.8 Å². The number of rotatable bonds is 31. The van der Waals surface area contributed by atoms with E-state index >= 15 is 0 Å². The molecule has 0 aliphatic heterocycles. The third kappa shape index (κ3) is 29.6. The lowest BCUT2D eigenvalue weighted by molar-refractivity contribution is -0.124. The van der Waals surface area contributed by atoms with Gasteiger partial charge in [0.25, 0.3) is 0 Å². The first-order valence-electron chi connectivity index (χ1n) is 17.3. The Balaban J connectivity index is 4.46. The molecular weight excluding hydrogens is 591 g/mol. The topological polar surface area (TPSA) is 151 Å². The number of aliphatic hydroxyl groups excluding tert-OH is 2. The van der Waals surface area contributed by atoms with Crippen molar-refractivity contribution in [2.75, 3.05) is 19.8 Å². The second-order valence-electron chi connectivity index (χ2n) is 11.5. The molecule has 0 bridgehead atoms. The van der Waals surface area contributed by atoms with E-state index < -0.39 is 38.6 Å². The van der Waals surface area contributed by atoms with Gasteiger partial charge in [0.2, 0.25) is 5.91 Å². The SMILES string of the molecule is CCCC/C=C/CC/C=C/C(O)C(COP(=O)(O)OCCN)NC(=O)CC(O)CCCCCCC/C=C\C/C=C\CCCCC. The fraction of sp³-hybridized carbons (Fsp3) is 0.743. The van der Waals surface area contributed by atoms with Gasteiger partial charge in [0, 0.05) is 6.54 Å². The molecular formula is C35H65N2O7P. The first-order chi connectivity index (χ1) is 21.8. The van der Waals surface area contributed by atoms with Crippen LogP contribution >= 0.6 is 7.82 Å². The van der Waals surface area contributed by atoms with Gasteiger partial charge in [-0.15, -0.1) is 0 Å². The summed E-state index contributed by atoms with van der Waals surface area (Å²) in [5.41, 5.74) is 5.32. The van der Waals surface area contributed by atoms with Crippen molar-refractivity contribution < 1.29 is 33.5 Å². The molecule has 45 heavy (non-hydrogen) atoms. The van der Waals surface area contributed by atoms with Gasteiger partial charge in [0.15, 0.2) is 0 Å². The van der Waals surface area contributed by atoms with Crippen molar-refractivity contribution in [2.24, 2.45) is 5.73 Å². The number of amides is 1. The average molecular weight is 657 g/mol. The Morgan fingerprint density at radius 1 is 0.778 bits per heavy atom. The predicted molar refractivity (Wildman–Crippen MR) is 186 cm³/mol. The third-order valence-corrected chi connectivity index (χ3v) is 8.17. The van der Waals surface area contributed by atoms with E-state index in [0.717, 1.165) is 70.6 Å². The van der Waals surface area contributed by atoms with Crippen molar-refractivity contribution in [1.82, 2.24) is 5.32 Å². The van der Waals surface area contributed by atoms with Crippen molar-refractivity contribution in [3.63, 3.8) is 0 Å². The molecule has 6 N–H and O–H groups in total. The molecule has 262 valence electrons. The minimum Gasteiger partial charge on any atom is -0.393 e. The summed E-state index contributed by atoms with van der Waals surface area (Å²) in [4.78, 5) is 22.5. The molecule has 4 unspecified atom stereocenters. The second kappa shape index (κ2) is 31.0. The van der Waals surface area contributed by atoms with Gasteiger partial charge in [-0.05, 0) is 57.8 Å². The summed E-state index contributed by atoms with van der Waals surface area (Å²) in [5, 5.41) is 23.7. The summed E-state index contributed by atoms with van der Waals surface area (Å²) in [5.74, 6) is -0.472. The number of hydrogen-bond donors (Lipinski definition) is 5. The number of phosphoric acid groups is 1. The molecule has 0 fully saturated rings. The van der Waals surface area contributed by atoms with Crippen LogP contribution in [0.5, 0.6) is 0 Å². The molecule has 0 aromatic carbocycles. The zero-order chi connectivity index (χ0) is 33.4. The number of carbonyl (C=O) groups is 1. The number of unbranched alkanes of at least 4 members (excludes halogenated alkanes) is 11. The van der Waals surface area contributed by atoms with E-state index in [1.165, 1.54) is 31.8 Å². The summed E-state index contributed by atoms with van der Waals surface area (Å²) in [7, 11) is -4.40. The van der Waals surface area contributed by atoms with Gasteiger partial charge in [-0.1, -0.05) is 114 Å². The Morgan fingerprint density at radius 2 is 1.36 bits per heavy atom. The molecule has 0 saturated carbocycles. The molecule has 9 nitrogen and oxygen atoms in total. The number of hydrogen-bond acceptors (Lipinski definition) is 7. The summed E-state index contributed by atoms with van der Waals surface area (Å²) >= 11 is 0. The fourth-order valence-corrected chi connectivity index (χ4v) is 5.26. The molecule has 0 aliphatic rings. The summed E-state index contributed by atoms with van der Waals surface area (Å²) < 4.78 is 21.8. The van der Waals surface area contributed by atoms with Gasteiger partial charge in [-0.2, -0.15) is 0 Å². The molecule has 0 heterocycles. The lowest BCUT2D eigenvalue weighted by Gasteiger charge is -2.24. The highest BCUT2D eigenvalue weighted by Gasteiger charge is 2.27. The molecule has 0 spiro atoms. The van der Waals surface area contributed by atoms with Gasteiger partial charge in [0.05, 0.1) is 37.9 Å². The van der Waals surface area contributed by atoms with E-state index in [4.69, 9.17) is 14.8 Å². The van der Waals surface area contributed by atoms with Crippen molar-refractivity contribution in [3.05, 3.63) is 48.6 Å². The van der Waals surface area contributed by atoms with E-state index in [1.54, 1.807) is 6.08 Å². The summed E-state index contributed by atoms with van der Waals surface area (Å²) in [6, 6.07) is -1.00. The summed E-state index contributed by atoms with van der Waals surface area (Å²) in [6.45, 7) is 3.79. The van der Waals surface area contributed by atoms with Gasteiger partial charge in [0.1, 0.15) is 0 Å². The summed E-state index contributed by atoms with van der Waals surface area (Å²) in [6.07, 6.45) is 32.1. The Bertz CT molecular complexity index is 863. The molecule has 10 heteroatoms.